The SMILES string of the molecule is Cc1ncc(-c2ccc(F)c(C)c2F)cc1CN1CC=COC1=O. The number of carbonyl (C=O) groups is 1. The van der Waals surface area contributed by atoms with E-state index in [4.69, 9.17) is 4.74 Å². The van der Waals surface area contributed by atoms with Crippen LogP contribution in [-0.4, -0.2) is 22.5 Å². The number of ether oxygens (including phenoxy) is 1. The van der Waals surface area contributed by atoms with Gasteiger partial charge in [0.15, 0.2) is 0 Å². The van der Waals surface area contributed by atoms with Gasteiger partial charge in [0, 0.05) is 35.1 Å². The molecule has 0 bridgehead atoms. The molecule has 0 aliphatic carbocycles. The van der Waals surface area contributed by atoms with Gasteiger partial charge in [-0.25, -0.2) is 13.6 Å². The number of aromatic nitrogens is 1. The lowest BCUT2D eigenvalue weighted by molar-refractivity contribution is 0.131. The molecule has 1 aliphatic rings. The highest BCUT2D eigenvalue weighted by molar-refractivity contribution is 5.70. The molecule has 0 fully saturated rings. The number of pyridine rings is 1. The van der Waals surface area contributed by atoms with Gasteiger partial charge in [0.25, 0.3) is 0 Å². The standard InChI is InChI=1S/C18H16F2N2O2/c1-11-16(19)5-4-15(17(11)20)13-8-14(12(2)21-9-13)10-22-6-3-7-24-18(22)23/h3-5,7-9H,6,10H2,1-2H3. The molecule has 6 heteroatoms. The summed E-state index contributed by atoms with van der Waals surface area (Å²) in [6.45, 7) is 3.95. The number of hydrogen-bond donors (Lipinski definition) is 0. The highest BCUT2D eigenvalue weighted by Crippen LogP contribution is 2.27. The highest BCUT2D eigenvalue weighted by Gasteiger charge is 2.19. The highest BCUT2D eigenvalue weighted by atomic mass is 19.1. The molecule has 2 heterocycles. The van der Waals surface area contributed by atoms with Gasteiger partial charge in [-0.3, -0.25) is 9.88 Å². The molecular weight excluding hydrogens is 314 g/mol. The van der Waals surface area contributed by atoms with E-state index in [2.05, 4.69) is 4.98 Å². The fourth-order valence-electron chi connectivity index (χ4n) is 2.53. The van der Waals surface area contributed by atoms with Crippen molar-refractivity contribution >= 4 is 6.09 Å². The summed E-state index contributed by atoms with van der Waals surface area (Å²) in [7, 11) is 0. The second-order valence-corrected chi connectivity index (χ2v) is 5.64. The van der Waals surface area contributed by atoms with E-state index >= 15 is 0 Å². The van der Waals surface area contributed by atoms with Crippen molar-refractivity contribution < 1.29 is 18.3 Å². The second kappa shape index (κ2) is 6.39. The number of benzene rings is 1. The molecule has 2 aromatic rings. The van der Waals surface area contributed by atoms with E-state index < -0.39 is 17.7 Å². The van der Waals surface area contributed by atoms with E-state index in [1.807, 2.05) is 6.92 Å². The average molecular weight is 330 g/mol. The molecule has 24 heavy (non-hydrogen) atoms. The lowest BCUT2D eigenvalue weighted by Crippen LogP contribution is -2.33. The maximum Gasteiger partial charge on any atom is 0.415 e. The Morgan fingerprint density at radius 1 is 1.29 bits per heavy atom. The molecule has 1 amide bonds. The first-order valence-electron chi connectivity index (χ1n) is 7.48. The Labute approximate surface area is 138 Å². The van der Waals surface area contributed by atoms with E-state index in [0.717, 1.165) is 11.3 Å². The van der Waals surface area contributed by atoms with Crippen molar-refractivity contribution in [1.29, 1.82) is 0 Å². The molecule has 0 spiro atoms. The Kier molecular flexibility index (Phi) is 4.29. The fraction of sp³-hybridized carbons (Fsp3) is 0.222. The number of halogens is 2. The molecule has 0 saturated heterocycles. The third kappa shape index (κ3) is 2.99. The minimum absolute atomic E-state index is 0.0284. The molecule has 4 nitrogen and oxygen atoms in total. The lowest BCUT2D eigenvalue weighted by Gasteiger charge is -2.23. The van der Waals surface area contributed by atoms with Gasteiger partial charge in [-0.1, -0.05) is 0 Å². The van der Waals surface area contributed by atoms with E-state index in [1.54, 1.807) is 18.3 Å². The predicted octanol–water partition coefficient (Wildman–Crippen LogP) is 4.11. The summed E-state index contributed by atoms with van der Waals surface area (Å²) in [4.78, 5) is 17.5. The zero-order valence-corrected chi connectivity index (χ0v) is 13.3. The van der Waals surface area contributed by atoms with Crippen LogP contribution in [0.2, 0.25) is 0 Å². The molecule has 124 valence electrons. The normalized spacial score (nSPS) is 14.0. The van der Waals surface area contributed by atoms with Crippen LogP contribution in [0.4, 0.5) is 13.6 Å². The number of nitrogens with zero attached hydrogens (tertiary/aromatic N) is 2. The summed E-state index contributed by atoms with van der Waals surface area (Å²) in [6.07, 6.45) is 4.20. The predicted molar refractivity (Wildman–Crippen MR) is 85.1 cm³/mol. The Hall–Kier alpha value is -2.76. The largest absolute Gasteiger partial charge is 0.418 e. The smallest absolute Gasteiger partial charge is 0.415 e. The summed E-state index contributed by atoms with van der Waals surface area (Å²) >= 11 is 0. The molecule has 0 atom stereocenters. The van der Waals surface area contributed by atoms with Crippen LogP contribution >= 0.6 is 0 Å². The van der Waals surface area contributed by atoms with Gasteiger partial charge in [-0.05, 0) is 43.7 Å². The topological polar surface area (TPSA) is 42.4 Å². The van der Waals surface area contributed by atoms with Crippen molar-refractivity contribution in [3.8, 4) is 11.1 Å². The van der Waals surface area contributed by atoms with Gasteiger partial charge in [-0.15, -0.1) is 0 Å². The molecule has 0 unspecified atom stereocenters. The quantitative estimate of drug-likeness (QED) is 0.850. The van der Waals surface area contributed by atoms with Crippen LogP contribution in [0, 0.1) is 25.5 Å². The monoisotopic (exact) mass is 330 g/mol. The van der Waals surface area contributed by atoms with Crippen molar-refractivity contribution in [2.75, 3.05) is 6.54 Å². The maximum absolute atomic E-state index is 14.3. The minimum atomic E-state index is -0.605. The minimum Gasteiger partial charge on any atom is -0.418 e. The van der Waals surface area contributed by atoms with E-state index in [0.29, 0.717) is 18.7 Å². The second-order valence-electron chi connectivity index (χ2n) is 5.64. The van der Waals surface area contributed by atoms with Crippen molar-refractivity contribution in [3.63, 3.8) is 0 Å². The molecule has 3 rings (SSSR count). The van der Waals surface area contributed by atoms with Gasteiger partial charge < -0.3 is 4.74 Å². The summed E-state index contributed by atoms with van der Waals surface area (Å²) in [5.74, 6) is -1.19. The van der Waals surface area contributed by atoms with Crippen molar-refractivity contribution in [3.05, 3.63) is 65.2 Å². The first-order valence-corrected chi connectivity index (χ1v) is 7.48. The maximum atomic E-state index is 14.3. The number of carbonyl (C=O) groups excluding carboxylic acids is 1. The zero-order valence-electron chi connectivity index (χ0n) is 13.3. The van der Waals surface area contributed by atoms with Crippen LogP contribution in [0.15, 0.2) is 36.7 Å². The first kappa shape index (κ1) is 16.1. The average Bonchev–Trinajstić information content (AvgIpc) is 2.57. The fourth-order valence-corrected chi connectivity index (χ4v) is 2.53. The number of cyclic esters (lactones) is 1. The number of amides is 1. The Morgan fingerprint density at radius 2 is 2.08 bits per heavy atom. The van der Waals surface area contributed by atoms with Crippen LogP contribution < -0.4 is 0 Å². The van der Waals surface area contributed by atoms with Crippen molar-refractivity contribution in [2.45, 2.75) is 20.4 Å². The number of hydrogen-bond acceptors (Lipinski definition) is 3. The van der Waals surface area contributed by atoms with Crippen LogP contribution in [-0.2, 0) is 11.3 Å². The van der Waals surface area contributed by atoms with Crippen LogP contribution in [0.3, 0.4) is 0 Å². The van der Waals surface area contributed by atoms with Gasteiger partial charge >= 0.3 is 6.09 Å². The van der Waals surface area contributed by atoms with E-state index in [1.165, 1.54) is 30.2 Å². The molecular formula is C18H16F2N2O2. The molecule has 0 radical (unpaired) electrons. The molecule has 1 aromatic heterocycles. The molecule has 1 aliphatic heterocycles. The Morgan fingerprint density at radius 3 is 2.83 bits per heavy atom. The Balaban J connectivity index is 1.96. The molecule has 0 saturated carbocycles. The zero-order chi connectivity index (χ0) is 17.3. The van der Waals surface area contributed by atoms with Crippen LogP contribution in [0.1, 0.15) is 16.8 Å². The number of aryl methyl sites for hydroxylation is 1. The van der Waals surface area contributed by atoms with Gasteiger partial charge in [0.05, 0.1) is 12.8 Å². The third-order valence-electron chi connectivity index (χ3n) is 4.03. The van der Waals surface area contributed by atoms with Crippen LogP contribution in [0.5, 0.6) is 0 Å². The Bertz CT molecular complexity index is 834. The van der Waals surface area contributed by atoms with Crippen molar-refractivity contribution in [2.24, 2.45) is 0 Å². The molecule has 0 N–H and O–H groups in total. The van der Waals surface area contributed by atoms with Gasteiger partial charge in [-0.2, -0.15) is 0 Å². The van der Waals surface area contributed by atoms with Gasteiger partial charge in [0.1, 0.15) is 11.6 Å². The summed E-state index contributed by atoms with van der Waals surface area (Å²) < 4.78 is 32.6. The lowest BCUT2D eigenvalue weighted by atomic mass is 10.0. The van der Waals surface area contributed by atoms with E-state index in [-0.39, 0.29) is 11.1 Å². The summed E-state index contributed by atoms with van der Waals surface area (Å²) in [6, 6.07) is 4.40. The van der Waals surface area contributed by atoms with Gasteiger partial charge in [0.2, 0.25) is 0 Å². The number of rotatable bonds is 3. The summed E-state index contributed by atoms with van der Waals surface area (Å²) in [5.41, 5.74) is 2.31. The molecule has 1 aromatic carbocycles. The van der Waals surface area contributed by atoms with Crippen LogP contribution in [0.25, 0.3) is 11.1 Å². The summed E-state index contributed by atoms with van der Waals surface area (Å²) in [5, 5.41) is 0. The van der Waals surface area contributed by atoms with E-state index in [9.17, 15) is 13.6 Å². The van der Waals surface area contributed by atoms with Crippen molar-refractivity contribution in [1.82, 2.24) is 9.88 Å². The first-order chi connectivity index (χ1) is 11.5. The third-order valence-corrected chi connectivity index (χ3v) is 4.03.